The Morgan fingerprint density at radius 2 is 2.06 bits per heavy atom. The van der Waals surface area contributed by atoms with Gasteiger partial charge in [-0.2, -0.15) is 0 Å². The van der Waals surface area contributed by atoms with Crippen molar-refractivity contribution >= 4 is 5.91 Å². The highest BCUT2D eigenvalue weighted by Crippen LogP contribution is 2.24. The highest BCUT2D eigenvalue weighted by atomic mass is 16.1. The fourth-order valence-corrected chi connectivity index (χ4v) is 2.18. The molecular weight excluding hydrogens is 212 g/mol. The van der Waals surface area contributed by atoms with Crippen LogP contribution in [0, 0.1) is 19.8 Å². The van der Waals surface area contributed by atoms with Gasteiger partial charge in [0.1, 0.15) is 0 Å². The van der Waals surface area contributed by atoms with Gasteiger partial charge in [-0.3, -0.25) is 4.79 Å². The zero-order valence-electron chi connectivity index (χ0n) is 10.5. The van der Waals surface area contributed by atoms with Crippen LogP contribution in [0.3, 0.4) is 0 Å². The number of nitrogens with two attached hydrogens (primary N) is 1. The molecule has 1 aromatic carbocycles. The Hall–Kier alpha value is -1.35. The lowest BCUT2D eigenvalue weighted by Gasteiger charge is -2.32. The second-order valence-corrected chi connectivity index (χ2v) is 5.11. The molecule has 3 heteroatoms. The van der Waals surface area contributed by atoms with Crippen molar-refractivity contribution in [1.82, 2.24) is 5.32 Å². The van der Waals surface area contributed by atoms with E-state index in [-0.39, 0.29) is 5.91 Å². The third-order valence-corrected chi connectivity index (χ3v) is 3.59. The third kappa shape index (κ3) is 2.86. The van der Waals surface area contributed by atoms with Crippen molar-refractivity contribution in [2.45, 2.75) is 32.7 Å². The van der Waals surface area contributed by atoms with E-state index in [0.29, 0.717) is 12.0 Å². The Balaban J connectivity index is 1.88. The van der Waals surface area contributed by atoms with E-state index in [1.54, 1.807) is 0 Å². The van der Waals surface area contributed by atoms with E-state index in [1.807, 2.05) is 32.0 Å². The van der Waals surface area contributed by atoms with E-state index in [1.165, 1.54) is 5.56 Å². The second-order valence-electron chi connectivity index (χ2n) is 5.11. The first-order valence-corrected chi connectivity index (χ1v) is 6.17. The van der Waals surface area contributed by atoms with Gasteiger partial charge in [0.05, 0.1) is 0 Å². The number of carbonyl (C=O) groups is 1. The molecule has 0 spiro atoms. The minimum absolute atomic E-state index is 0.0218. The number of benzene rings is 1. The maximum absolute atomic E-state index is 11.9. The fraction of sp³-hybridized carbons (Fsp3) is 0.500. The molecule has 0 unspecified atom stereocenters. The lowest BCUT2D eigenvalue weighted by molar-refractivity contribution is 0.0935. The molecule has 1 amide bonds. The van der Waals surface area contributed by atoms with Crippen LogP contribution < -0.4 is 11.1 Å². The van der Waals surface area contributed by atoms with E-state index in [0.717, 1.165) is 30.5 Å². The maximum Gasteiger partial charge on any atom is 0.251 e. The minimum Gasteiger partial charge on any atom is -0.352 e. The van der Waals surface area contributed by atoms with Crippen LogP contribution in [0.2, 0.25) is 0 Å². The van der Waals surface area contributed by atoms with Gasteiger partial charge in [-0.05, 0) is 55.9 Å². The molecule has 1 saturated carbocycles. The number of hydrogen-bond donors (Lipinski definition) is 2. The Labute approximate surface area is 102 Å². The van der Waals surface area contributed by atoms with Crippen LogP contribution in [0.4, 0.5) is 0 Å². The molecule has 1 aromatic rings. The Bertz CT molecular complexity index is 422. The van der Waals surface area contributed by atoms with Crippen LogP contribution in [0.15, 0.2) is 18.2 Å². The standard InChI is InChI=1S/C14H20N2O/c1-9-3-4-12(5-10(9)2)14(17)16-8-11-6-13(15)7-11/h3-5,11,13H,6-8,15H2,1-2H3,(H,16,17). The summed E-state index contributed by atoms with van der Waals surface area (Å²) in [7, 11) is 0. The van der Waals surface area contributed by atoms with Gasteiger partial charge in [-0.25, -0.2) is 0 Å². The third-order valence-electron chi connectivity index (χ3n) is 3.59. The summed E-state index contributed by atoms with van der Waals surface area (Å²) in [4.78, 5) is 11.9. The smallest absolute Gasteiger partial charge is 0.251 e. The summed E-state index contributed by atoms with van der Waals surface area (Å²) in [6.45, 7) is 4.82. The summed E-state index contributed by atoms with van der Waals surface area (Å²) >= 11 is 0. The first-order chi connectivity index (χ1) is 8.06. The van der Waals surface area contributed by atoms with Crippen molar-refractivity contribution in [3.8, 4) is 0 Å². The predicted molar refractivity (Wildman–Crippen MR) is 68.9 cm³/mol. The van der Waals surface area contributed by atoms with Crippen molar-refractivity contribution in [3.05, 3.63) is 34.9 Å². The molecule has 0 aliphatic heterocycles. The van der Waals surface area contributed by atoms with E-state index < -0.39 is 0 Å². The van der Waals surface area contributed by atoms with E-state index in [4.69, 9.17) is 5.73 Å². The van der Waals surface area contributed by atoms with Crippen molar-refractivity contribution < 1.29 is 4.79 Å². The van der Waals surface area contributed by atoms with Crippen LogP contribution in [-0.2, 0) is 0 Å². The Morgan fingerprint density at radius 3 is 2.65 bits per heavy atom. The largest absolute Gasteiger partial charge is 0.352 e. The maximum atomic E-state index is 11.9. The predicted octanol–water partition coefficient (Wildman–Crippen LogP) is 1.77. The van der Waals surface area contributed by atoms with Crippen LogP contribution in [0.25, 0.3) is 0 Å². The van der Waals surface area contributed by atoms with Gasteiger partial charge in [0.2, 0.25) is 0 Å². The zero-order chi connectivity index (χ0) is 12.4. The van der Waals surface area contributed by atoms with Crippen LogP contribution in [0.1, 0.15) is 34.3 Å². The first kappa shape index (κ1) is 12.1. The molecule has 3 nitrogen and oxygen atoms in total. The molecular formula is C14H20N2O. The number of nitrogens with one attached hydrogen (secondary N) is 1. The quantitative estimate of drug-likeness (QED) is 0.834. The highest BCUT2D eigenvalue weighted by Gasteiger charge is 2.25. The second kappa shape index (κ2) is 4.88. The molecule has 92 valence electrons. The van der Waals surface area contributed by atoms with Gasteiger partial charge < -0.3 is 11.1 Å². The summed E-state index contributed by atoms with van der Waals surface area (Å²) in [6.07, 6.45) is 2.07. The van der Waals surface area contributed by atoms with Gasteiger partial charge in [0, 0.05) is 18.2 Å². The Kier molecular flexibility index (Phi) is 3.48. The van der Waals surface area contributed by atoms with Crippen molar-refractivity contribution in [1.29, 1.82) is 0 Å². The first-order valence-electron chi connectivity index (χ1n) is 6.17. The van der Waals surface area contributed by atoms with Gasteiger partial charge in [-0.1, -0.05) is 6.07 Å². The van der Waals surface area contributed by atoms with Crippen LogP contribution in [-0.4, -0.2) is 18.5 Å². The molecule has 0 atom stereocenters. The van der Waals surface area contributed by atoms with Crippen LogP contribution >= 0.6 is 0 Å². The average molecular weight is 232 g/mol. The van der Waals surface area contributed by atoms with E-state index in [9.17, 15) is 4.79 Å². The van der Waals surface area contributed by atoms with E-state index >= 15 is 0 Å². The molecule has 2 rings (SSSR count). The molecule has 1 aliphatic carbocycles. The molecule has 0 radical (unpaired) electrons. The SMILES string of the molecule is Cc1ccc(C(=O)NCC2CC(N)C2)cc1C. The Morgan fingerprint density at radius 1 is 1.35 bits per heavy atom. The van der Waals surface area contributed by atoms with Crippen molar-refractivity contribution in [2.75, 3.05) is 6.54 Å². The van der Waals surface area contributed by atoms with Crippen molar-refractivity contribution in [2.24, 2.45) is 11.7 Å². The monoisotopic (exact) mass is 232 g/mol. The molecule has 1 aliphatic rings. The number of rotatable bonds is 3. The summed E-state index contributed by atoms with van der Waals surface area (Å²) < 4.78 is 0. The summed E-state index contributed by atoms with van der Waals surface area (Å²) in [5.41, 5.74) is 8.83. The normalized spacial score (nSPS) is 23.0. The highest BCUT2D eigenvalue weighted by molar-refractivity contribution is 5.94. The number of aryl methyl sites for hydroxylation is 2. The zero-order valence-corrected chi connectivity index (χ0v) is 10.5. The molecule has 1 fully saturated rings. The van der Waals surface area contributed by atoms with Crippen molar-refractivity contribution in [3.63, 3.8) is 0 Å². The minimum atomic E-state index is 0.0218. The molecule has 0 heterocycles. The molecule has 0 saturated heterocycles. The summed E-state index contributed by atoms with van der Waals surface area (Å²) in [5, 5.41) is 2.97. The number of carbonyl (C=O) groups excluding carboxylic acids is 1. The van der Waals surface area contributed by atoms with Gasteiger partial charge >= 0.3 is 0 Å². The topological polar surface area (TPSA) is 55.1 Å². The molecule has 3 N–H and O–H groups in total. The van der Waals surface area contributed by atoms with Crippen LogP contribution in [0.5, 0.6) is 0 Å². The molecule has 0 bridgehead atoms. The average Bonchev–Trinajstić information content (AvgIpc) is 2.26. The molecule has 17 heavy (non-hydrogen) atoms. The van der Waals surface area contributed by atoms with Gasteiger partial charge in [0.15, 0.2) is 0 Å². The fourth-order valence-electron chi connectivity index (χ4n) is 2.18. The summed E-state index contributed by atoms with van der Waals surface area (Å²) in [5.74, 6) is 0.592. The lowest BCUT2D eigenvalue weighted by Crippen LogP contribution is -2.42. The van der Waals surface area contributed by atoms with Gasteiger partial charge in [-0.15, -0.1) is 0 Å². The molecule has 0 aromatic heterocycles. The number of hydrogen-bond acceptors (Lipinski definition) is 2. The number of amides is 1. The van der Waals surface area contributed by atoms with E-state index in [2.05, 4.69) is 5.32 Å². The summed E-state index contributed by atoms with van der Waals surface area (Å²) in [6, 6.07) is 6.16. The van der Waals surface area contributed by atoms with Gasteiger partial charge in [0.25, 0.3) is 5.91 Å². The lowest BCUT2D eigenvalue weighted by atomic mass is 9.81.